The number of anilines is 1. The van der Waals surface area contributed by atoms with Gasteiger partial charge in [-0.25, -0.2) is 13.8 Å². The Bertz CT molecular complexity index is 503. The minimum absolute atomic E-state index is 0.118. The number of carbonyl (C=O) groups excluding carboxylic acids is 2. The average molecular weight is 346 g/mol. The van der Waals surface area contributed by atoms with Crippen LogP contribution in [0.25, 0.3) is 0 Å². The van der Waals surface area contributed by atoms with Crippen molar-refractivity contribution in [3.63, 3.8) is 0 Å². The van der Waals surface area contributed by atoms with Crippen LogP contribution in [0, 0.1) is 0 Å². The van der Waals surface area contributed by atoms with Gasteiger partial charge in [0, 0.05) is 37.5 Å². The van der Waals surface area contributed by atoms with Crippen LogP contribution in [-0.2, 0) is 9.59 Å². The van der Waals surface area contributed by atoms with E-state index in [4.69, 9.17) is 0 Å². The van der Waals surface area contributed by atoms with Crippen molar-refractivity contribution >= 4 is 28.8 Å². The molecule has 23 heavy (non-hydrogen) atoms. The van der Waals surface area contributed by atoms with E-state index < -0.39 is 12.0 Å². The molecule has 1 atom stereocenters. The zero-order valence-electron chi connectivity index (χ0n) is 12.6. The summed E-state index contributed by atoms with van der Waals surface area (Å²) < 4.78 is 26.2. The first kappa shape index (κ1) is 17.7. The molecule has 0 bridgehead atoms. The number of likely N-dealkylation sites (tertiary alicyclic amines) is 1. The summed E-state index contributed by atoms with van der Waals surface area (Å²) in [7, 11) is 0. The SMILES string of the molecule is O=CNC(CCCN1CCC(F)(F)CC1)C(=O)Nc1nccs1. The third-order valence-corrected chi connectivity index (χ3v) is 4.49. The number of amides is 2. The molecule has 2 heterocycles. The quantitative estimate of drug-likeness (QED) is 0.703. The molecule has 2 N–H and O–H groups in total. The molecule has 0 aromatic carbocycles. The van der Waals surface area contributed by atoms with Crippen molar-refractivity contribution in [2.75, 3.05) is 25.0 Å². The number of aromatic nitrogens is 1. The van der Waals surface area contributed by atoms with Crippen LogP contribution in [0.15, 0.2) is 11.6 Å². The van der Waals surface area contributed by atoms with Gasteiger partial charge in [-0.05, 0) is 19.4 Å². The van der Waals surface area contributed by atoms with Gasteiger partial charge in [0.05, 0.1) is 0 Å². The van der Waals surface area contributed by atoms with Gasteiger partial charge < -0.3 is 15.5 Å². The Morgan fingerprint density at radius 3 is 2.83 bits per heavy atom. The van der Waals surface area contributed by atoms with Gasteiger partial charge in [-0.1, -0.05) is 0 Å². The molecule has 9 heteroatoms. The van der Waals surface area contributed by atoms with Crippen molar-refractivity contribution < 1.29 is 18.4 Å². The van der Waals surface area contributed by atoms with E-state index in [1.165, 1.54) is 11.3 Å². The van der Waals surface area contributed by atoms with Crippen molar-refractivity contribution in [1.29, 1.82) is 0 Å². The van der Waals surface area contributed by atoms with Crippen molar-refractivity contribution in [2.45, 2.75) is 37.6 Å². The number of nitrogens with zero attached hydrogens (tertiary/aromatic N) is 2. The molecule has 0 saturated carbocycles. The van der Waals surface area contributed by atoms with E-state index in [2.05, 4.69) is 15.6 Å². The van der Waals surface area contributed by atoms with Gasteiger partial charge in [-0.3, -0.25) is 9.59 Å². The summed E-state index contributed by atoms with van der Waals surface area (Å²) in [6.45, 7) is 1.37. The summed E-state index contributed by atoms with van der Waals surface area (Å²) in [4.78, 5) is 28.7. The van der Waals surface area contributed by atoms with Gasteiger partial charge >= 0.3 is 0 Å². The third kappa shape index (κ3) is 5.83. The van der Waals surface area contributed by atoms with Crippen molar-refractivity contribution in [1.82, 2.24) is 15.2 Å². The Hall–Kier alpha value is -1.61. The largest absolute Gasteiger partial charge is 0.347 e. The first-order chi connectivity index (χ1) is 11.0. The van der Waals surface area contributed by atoms with Crippen molar-refractivity contribution in [3.05, 3.63) is 11.6 Å². The molecule has 1 saturated heterocycles. The first-order valence-corrected chi connectivity index (χ1v) is 8.38. The van der Waals surface area contributed by atoms with E-state index in [-0.39, 0.29) is 18.7 Å². The number of piperidine rings is 1. The topological polar surface area (TPSA) is 74.3 Å². The Kier molecular flexibility index (Phi) is 6.40. The van der Waals surface area contributed by atoms with Crippen molar-refractivity contribution in [3.8, 4) is 0 Å². The van der Waals surface area contributed by atoms with Crippen LogP contribution in [-0.4, -0.2) is 53.8 Å². The fourth-order valence-electron chi connectivity index (χ4n) is 2.47. The maximum Gasteiger partial charge on any atom is 0.250 e. The molecule has 2 rings (SSSR count). The lowest BCUT2D eigenvalue weighted by molar-refractivity contribution is -0.121. The highest BCUT2D eigenvalue weighted by Crippen LogP contribution is 2.27. The van der Waals surface area contributed by atoms with Gasteiger partial charge in [0.25, 0.3) is 5.92 Å². The van der Waals surface area contributed by atoms with E-state index in [0.29, 0.717) is 44.0 Å². The summed E-state index contributed by atoms with van der Waals surface area (Å²) in [5, 5.41) is 7.35. The summed E-state index contributed by atoms with van der Waals surface area (Å²) >= 11 is 1.29. The van der Waals surface area contributed by atoms with Crippen LogP contribution in [0.4, 0.5) is 13.9 Å². The van der Waals surface area contributed by atoms with Crippen LogP contribution in [0.1, 0.15) is 25.7 Å². The maximum atomic E-state index is 13.1. The molecule has 1 aromatic rings. The molecule has 2 amide bonds. The summed E-state index contributed by atoms with van der Waals surface area (Å²) in [5.41, 5.74) is 0. The molecule has 6 nitrogen and oxygen atoms in total. The standard InChI is InChI=1S/C14H20F2N4O2S/c15-14(16)3-7-20(8-4-14)6-1-2-11(18-10-21)12(22)19-13-17-5-9-23-13/h5,9-11H,1-4,6-8H2,(H,18,21)(H,17,19,22). The van der Waals surface area contributed by atoms with Gasteiger partial charge in [0.15, 0.2) is 5.13 Å². The van der Waals surface area contributed by atoms with Crippen LogP contribution in [0.3, 0.4) is 0 Å². The Morgan fingerprint density at radius 2 is 2.22 bits per heavy atom. The Morgan fingerprint density at radius 1 is 1.48 bits per heavy atom. The van der Waals surface area contributed by atoms with E-state index in [1.54, 1.807) is 11.6 Å². The number of rotatable bonds is 8. The Balaban J connectivity index is 1.74. The number of alkyl halides is 2. The molecule has 0 spiro atoms. The number of nitrogens with one attached hydrogen (secondary N) is 2. The van der Waals surface area contributed by atoms with Gasteiger partial charge in [0.1, 0.15) is 6.04 Å². The highest BCUT2D eigenvalue weighted by atomic mass is 32.1. The molecule has 1 fully saturated rings. The molecule has 1 unspecified atom stereocenters. The second-order valence-corrected chi connectivity index (χ2v) is 6.40. The summed E-state index contributed by atoms with van der Waals surface area (Å²) in [5.74, 6) is -2.87. The van der Waals surface area contributed by atoms with Gasteiger partial charge in [0.2, 0.25) is 12.3 Å². The third-order valence-electron chi connectivity index (χ3n) is 3.80. The molecule has 128 valence electrons. The van der Waals surface area contributed by atoms with E-state index in [1.807, 2.05) is 4.90 Å². The van der Waals surface area contributed by atoms with E-state index in [9.17, 15) is 18.4 Å². The minimum Gasteiger partial charge on any atom is -0.347 e. The van der Waals surface area contributed by atoms with Gasteiger partial charge in [-0.2, -0.15) is 0 Å². The zero-order valence-corrected chi connectivity index (χ0v) is 13.5. The number of thiazole rings is 1. The first-order valence-electron chi connectivity index (χ1n) is 7.50. The van der Waals surface area contributed by atoms with Gasteiger partial charge in [-0.15, -0.1) is 11.3 Å². The lowest BCUT2D eigenvalue weighted by Gasteiger charge is -2.31. The molecular formula is C14H20F2N4O2S. The van der Waals surface area contributed by atoms with Crippen LogP contribution in [0.5, 0.6) is 0 Å². The summed E-state index contributed by atoms with van der Waals surface area (Å²) in [6, 6.07) is -0.650. The normalized spacial score (nSPS) is 19.0. The zero-order chi connectivity index (χ0) is 16.7. The number of halogens is 2. The van der Waals surface area contributed by atoms with E-state index >= 15 is 0 Å². The molecule has 1 aliphatic heterocycles. The maximum absolute atomic E-state index is 13.1. The van der Waals surface area contributed by atoms with Crippen LogP contribution >= 0.6 is 11.3 Å². The van der Waals surface area contributed by atoms with Crippen molar-refractivity contribution in [2.24, 2.45) is 0 Å². The van der Waals surface area contributed by atoms with E-state index in [0.717, 1.165) is 0 Å². The lowest BCUT2D eigenvalue weighted by atomic mass is 10.1. The number of carbonyl (C=O) groups is 2. The highest BCUT2D eigenvalue weighted by Gasteiger charge is 2.33. The number of hydrogen-bond acceptors (Lipinski definition) is 5. The monoisotopic (exact) mass is 346 g/mol. The average Bonchev–Trinajstić information content (AvgIpc) is 3.01. The fourth-order valence-corrected chi connectivity index (χ4v) is 3.00. The lowest BCUT2D eigenvalue weighted by Crippen LogP contribution is -2.42. The predicted octanol–water partition coefficient (Wildman–Crippen LogP) is 1.71. The summed E-state index contributed by atoms with van der Waals surface area (Å²) in [6.07, 6.45) is 2.93. The second-order valence-electron chi connectivity index (χ2n) is 5.50. The fraction of sp³-hybridized carbons (Fsp3) is 0.643. The minimum atomic E-state index is -2.55. The second kappa shape index (κ2) is 8.30. The van der Waals surface area contributed by atoms with Crippen LogP contribution in [0.2, 0.25) is 0 Å². The highest BCUT2D eigenvalue weighted by molar-refractivity contribution is 7.13. The molecule has 1 aliphatic rings. The predicted molar refractivity (Wildman–Crippen MR) is 83.6 cm³/mol. The number of hydrogen-bond donors (Lipinski definition) is 2. The Labute approximate surface area is 137 Å². The smallest absolute Gasteiger partial charge is 0.250 e. The molecule has 0 aliphatic carbocycles. The van der Waals surface area contributed by atoms with Crippen LogP contribution < -0.4 is 10.6 Å². The molecular weight excluding hydrogens is 326 g/mol. The molecule has 0 radical (unpaired) electrons. The molecule has 1 aromatic heterocycles.